The normalized spacial score (nSPS) is 11.4. The van der Waals surface area contributed by atoms with Crippen molar-refractivity contribution in [2.75, 3.05) is 13.2 Å². The lowest BCUT2D eigenvalue weighted by Gasteiger charge is -2.30. The molecule has 0 aromatic heterocycles. The molecule has 0 amide bonds. The molecule has 0 unspecified atom stereocenters. The van der Waals surface area contributed by atoms with Crippen molar-refractivity contribution in [1.82, 2.24) is 4.90 Å². The fourth-order valence-electron chi connectivity index (χ4n) is 2.17. The van der Waals surface area contributed by atoms with Gasteiger partial charge in [0, 0.05) is 23.7 Å². The van der Waals surface area contributed by atoms with E-state index in [-0.39, 0.29) is 5.56 Å². The molecule has 0 fully saturated rings. The number of carbonyl (C=O) groups is 1. The van der Waals surface area contributed by atoms with Crippen LogP contribution in [0.5, 0.6) is 5.75 Å². The lowest BCUT2D eigenvalue weighted by atomic mass is 10.2. The molecule has 5 heteroatoms. The molecule has 0 aliphatic carbocycles. The molecule has 0 saturated heterocycles. The SMILES string of the molecule is CC(C)N(CCOc1cc(Cl)ccc1C(=O)O)C(C)C. The van der Waals surface area contributed by atoms with Crippen LogP contribution in [0.3, 0.4) is 0 Å². The molecule has 0 spiro atoms. The number of hydrogen-bond donors (Lipinski definition) is 1. The molecule has 112 valence electrons. The minimum Gasteiger partial charge on any atom is -0.491 e. The van der Waals surface area contributed by atoms with Crippen LogP contribution >= 0.6 is 11.6 Å². The molecule has 0 radical (unpaired) electrons. The molecule has 1 aromatic rings. The summed E-state index contributed by atoms with van der Waals surface area (Å²) in [4.78, 5) is 13.4. The molecular formula is C15H22ClNO3. The highest BCUT2D eigenvalue weighted by atomic mass is 35.5. The molecule has 0 aliphatic rings. The number of rotatable bonds is 7. The molecular weight excluding hydrogens is 278 g/mol. The monoisotopic (exact) mass is 299 g/mol. The number of benzene rings is 1. The van der Waals surface area contributed by atoms with Crippen molar-refractivity contribution in [2.45, 2.75) is 39.8 Å². The third-order valence-corrected chi connectivity index (χ3v) is 3.34. The summed E-state index contributed by atoms with van der Waals surface area (Å²) < 4.78 is 5.60. The van der Waals surface area contributed by atoms with Gasteiger partial charge in [0.25, 0.3) is 0 Å². The number of hydrogen-bond acceptors (Lipinski definition) is 3. The van der Waals surface area contributed by atoms with Gasteiger partial charge in [-0.05, 0) is 45.9 Å². The molecule has 0 bridgehead atoms. The van der Waals surface area contributed by atoms with Gasteiger partial charge in [0.15, 0.2) is 0 Å². The number of ether oxygens (including phenoxy) is 1. The van der Waals surface area contributed by atoms with Crippen molar-refractivity contribution in [3.8, 4) is 5.75 Å². The summed E-state index contributed by atoms with van der Waals surface area (Å²) >= 11 is 5.88. The van der Waals surface area contributed by atoms with Gasteiger partial charge >= 0.3 is 5.97 Å². The zero-order valence-electron chi connectivity index (χ0n) is 12.4. The average molecular weight is 300 g/mol. The van der Waals surface area contributed by atoms with E-state index in [1.165, 1.54) is 6.07 Å². The molecule has 0 atom stereocenters. The van der Waals surface area contributed by atoms with E-state index < -0.39 is 5.97 Å². The zero-order chi connectivity index (χ0) is 15.3. The van der Waals surface area contributed by atoms with Gasteiger partial charge in [0.1, 0.15) is 17.9 Å². The number of carboxylic acids is 1. The Kier molecular flexibility index (Phi) is 6.30. The highest BCUT2D eigenvalue weighted by Crippen LogP contribution is 2.23. The first kappa shape index (κ1) is 16.8. The second-order valence-corrected chi connectivity index (χ2v) is 5.66. The van der Waals surface area contributed by atoms with Crippen molar-refractivity contribution in [1.29, 1.82) is 0 Å². The second-order valence-electron chi connectivity index (χ2n) is 5.22. The largest absolute Gasteiger partial charge is 0.491 e. The second kappa shape index (κ2) is 7.50. The summed E-state index contributed by atoms with van der Waals surface area (Å²) in [6.07, 6.45) is 0. The Morgan fingerprint density at radius 1 is 1.30 bits per heavy atom. The lowest BCUT2D eigenvalue weighted by Crippen LogP contribution is -2.39. The first-order valence-corrected chi connectivity index (χ1v) is 7.12. The van der Waals surface area contributed by atoms with E-state index >= 15 is 0 Å². The highest BCUT2D eigenvalue weighted by Gasteiger charge is 2.15. The summed E-state index contributed by atoms with van der Waals surface area (Å²) in [6.45, 7) is 9.67. The zero-order valence-corrected chi connectivity index (χ0v) is 13.1. The predicted octanol–water partition coefficient (Wildman–Crippen LogP) is 3.54. The van der Waals surface area contributed by atoms with E-state index in [0.717, 1.165) is 6.54 Å². The van der Waals surface area contributed by atoms with Crippen molar-refractivity contribution >= 4 is 17.6 Å². The first-order chi connectivity index (χ1) is 9.32. The Bertz CT molecular complexity index is 452. The minimum atomic E-state index is -1.01. The number of nitrogens with zero attached hydrogens (tertiary/aromatic N) is 1. The van der Waals surface area contributed by atoms with Crippen LogP contribution in [-0.2, 0) is 0 Å². The van der Waals surface area contributed by atoms with Crippen LogP contribution in [0, 0.1) is 0 Å². The Hall–Kier alpha value is -1.26. The standard InChI is InChI=1S/C15H22ClNO3/c1-10(2)17(11(3)4)7-8-20-14-9-12(16)5-6-13(14)15(18)19/h5-6,9-11H,7-8H2,1-4H3,(H,18,19). The van der Waals surface area contributed by atoms with Crippen LogP contribution in [0.25, 0.3) is 0 Å². The Morgan fingerprint density at radius 2 is 1.90 bits per heavy atom. The quantitative estimate of drug-likeness (QED) is 0.836. The topological polar surface area (TPSA) is 49.8 Å². The van der Waals surface area contributed by atoms with Crippen LogP contribution in [0.2, 0.25) is 5.02 Å². The maximum atomic E-state index is 11.1. The van der Waals surface area contributed by atoms with E-state index in [1.54, 1.807) is 12.1 Å². The van der Waals surface area contributed by atoms with Gasteiger partial charge in [-0.3, -0.25) is 4.90 Å². The van der Waals surface area contributed by atoms with Crippen LogP contribution in [0.1, 0.15) is 38.1 Å². The van der Waals surface area contributed by atoms with Crippen LogP contribution < -0.4 is 4.74 Å². The van der Waals surface area contributed by atoms with Crippen LogP contribution in [0.4, 0.5) is 0 Å². The summed E-state index contributed by atoms with van der Waals surface area (Å²) in [5.74, 6) is -0.696. The van der Waals surface area contributed by atoms with Crippen molar-refractivity contribution in [3.05, 3.63) is 28.8 Å². The summed E-state index contributed by atoms with van der Waals surface area (Å²) in [5.41, 5.74) is 0.134. The number of aromatic carboxylic acids is 1. The van der Waals surface area contributed by atoms with E-state index in [9.17, 15) is 4.79 Å². The van der Waals surface area contributed by atoms with E-state index in [2.05, 4.69) is 32.6 Å². The predicted molar refractivity (Wildman–Crippen MR) is 80.9 cm³/mol. The third kappa shape index (κ3) is 4.69. The van der Waals surface area contributed by atoms with Gasteiger partial charge in [-0.15, -0.1) is 0 Å². The molecule has 0 saturated carbocycles. The van der Waals surface area contributed by atoms with E-state index in [4.69, 9.17) is 21.4 Å². The lowest BCUT2D eigenvalue weighted by molar-refractivity contribution is 0.0690. The van der Waals surface area contributed by atoms with E-state index in [1.807, 2.05) is 0 Å². The average Bonchev–Trinajstić information content (AvgIpc) is 2.33. The van der Waals surface area contributed by atoms with Gasteiger partial charge < -0.3 is 9.84 Å². The third-order valence-electron chi connectivity index (χ3n) is 3.11. The fourth-order valence-corrected chi connectivity index (χ4v) is 2.33. The number of halogens is 1. The van der Waals surface area contributed by atoms with Gasteiger partial charge in [-0.25, -0.2) is 4.79 Å². The molecule has 0 heterocycles. The smallest absolute Gasteiger partial charge is 0.339 e. The Balaban J connectivity index is 2.70. The molecule has 1 rings (SSSR count). The minimum absolute atomic E-state index is 0.134. The van der Waals surface area contributed by atoms with Crippen molar-refractivity contribution in [2.24, 2.45) is 0 Å². The van der Waals surface area contributed by atoms with Crippen LogP contribution in [0.15, 0.2) is 18.2 Å². The van der Waals surface area contributed by atoms with E-state index in [0.29, 0.717) is 29.5 Å². The summed E-state index contributed by atoms with van der Waals surface area (Å²) in [7, 11) is 0. The Morgan fingerprint density at radius 3 is 2.40 bits per heavy atom. The van der Waals surface area contributed by atoms with Gasteiger partial charge in [0.05, 0.1) is 0 Å². The first-order valence-electron chi connectivity index (χ1n) is 6.74. The highest BCUT2D eigenvalue weighted by molar-refractivity contribution is 6.30. The van der Waals surface area contributed by atoms with Crippen LogP contribution in [-0.4, -0.2) is 41.2 Å². The maximum Gasteiger partial charge on any atom is 0.339 e. The molecule has 0 aliphatic heterocycles. The number of carboxylic acid groups (broad SMARTS) is 1. The molecule has 20 heavy (non-hydrogen) atoms. The summed E-state index contributed by atoms with van der Waals surface area (Å²) in [6, 6.07) is 5.38. The Labute approximate surface area is 125 Å². The molecule has 1 aromatic carbocycles. The fraction of sp³-hybridized carbons (Fsp3) is 0.533. The van der Waals surface area contributed by atoms with Crippen molar-refractivity contribution in [3.63, 3.8) is 0 Å². The van der Waals surface area contributed by atoms with Gasteiger partial charge in [-0.1, -0.05) is 11.6 Å². The summed E-state index contributed by atoms with van der Waals surface area (Å²) in [5, 5.41) is 9.58. The van der Waals surface area contributed by atoms with Gasteiger partial charge in [-0.2, -0.15) is 0 Å². The molecule has 1 N–H and O–H groups in total. The van der Waals surface area contributed by atoms with Crippen molar-refractivity contribution < 1.29 is 14.6 Å². The van der Waals surface area contributed by atoms with Gasteiger partial charge in [0.2, 0.25) is 0 Å². The molecule has 4 nitrogen and oxygen atoms in total. The maximum absolute atomic E-state index is 11.1.